The van der Waals surface area contributed by atoms with Crippen molar-refractivity contribution in [3.8, 4) is 0 Å². The summed E-state index contributed by atoms with van der Waals surface area (Å²) in [6.45, 7) is 0. The van der Waals surface area contributed by atoms with Gasteiger partial charge in [-0.3, -0.25) is 9.59 Å². The molecule has 1 aliphatic heterocycles. The third kappa shape index (κ3) is 3.73. The minimum absolute atomic E-state index is 0.256. The summed E-state index contributed by atoms with van der Waals surface area (Å²) in [6.07, 6.45) is 0. The average molecular weight is 442 g/mol. The fourth-order valence-electron chi connectivity index (χ4n) is 3.39. The zero-order valence-corrected chi connectivity index (χ0v) is 17.0. The van der Waals surface area contributed by atoms with Gasteiger partial charge in [-0.25, -0.2) is 0 Å². The first-order valence-corrected chi connectivity index (χ1v) is 9.85. The molecule has 0 fully saturated rings. The van der Waals surface area contributed by atoms with Crippen molar-refractivity contribution in [2.24, 2.45) is 0 Å². The second-order valence-electron chi connectivity index (χ2n) is 6.85. The Morgan fingerprint density at radius 3 is 2.30 bits per heavy atom. The molecule has 2 amide bonds. The first kappa shape index (κ1) is 20.2. The molecule has 0 bridgehead atoms. The number of para-hydroxylation sites is 1. The smallest absolute Gasteiger partial charge is 0.263 e. The molecule has 2 unspecified atom stereocenters. The second kappa shape index (κ2) is 7.99. The van der Waals surface area contributed by atoms with Crippen LogP contribution in [0.25, 0.3) is 0 Å². The van der Waals surface area contributed by atoms with Crippen LogP contribution < -0.4 is 16.0 Å². The van der Waals surface area contributed by atoms with Gasteiger partial charge in [0.2, 0.25) is 0 Å². The lowest BCUT2D eigenvalue weighted by Gasteiger charge is -2.31. The Morgan fingerprint density at radius 2 is 1.60 bits per heavy atom. The predicted octanol–water partition coefficient (Wildman–Crippen LogP) is 4.25. The Morgan fingerprint density at radius 1 is 0.933 bits per heavy atom. The number of carbonyl (C=O) groups excluding carboxylic acids is 2. The molecule has 1 aliphatic rings. The van der Waals surface area contributed by atoms with Gasteiger partial charge in [0.1, 0.15) is 6.04 Å². The summed E-state index contributed by atoms with van der Waals surface area (Å²) in [5, 5.41) is 20.8. The Balaban J connectivity index is 1.75. The lowest BCUT2D eigenvalue weighted by Crippen LogP contribution is -2.55. The number of nitrogens with one attached hydrogen (secondary N) is 3. The molecule has 0 aromatic heterocycles. The van der Waals surface area contributed by atoms with E-state index in [1.807, 2.05) is 6.07 Å². The summed E-state index contributed by atoms with van der Waals surface area (Å²) in [5.74, 6) is -1.31. The van der Waals surface area contributed by atoms with E-state index in [0.29, 0.717) is 27.1 Å². The number of amides is 2. The number of carbonyl (C=O) groups is 2. The highest BCUT2D eigenvalue weighted by molar-refractivity contribution is 6.31. The summed E-state index contributed by atoms with van der Waals surface area (Å²) < 4.78 is 0. The molecule has 1 heterocycles. The summed E-state index contributed by atoms with van der Waals surface area (Å²) in [5.41, 5.74) is -0.518. The third-order valence-electron chi connectivity index (χ3n) is 4.86. The van der Waals surface area contributed by atoms with Crippen LogP contribution in [0.2, 0.25) is 10.0 Å². The molecule has 0 radical (unpaired) electrons. The van der Waals surface area contributed by atoms with Crippen molar-refractivity contribution in [3.63, 3.8) is 0 Å². The van der Waals surface area contributed by atoms with Gasteiger partial charge in [-0.2, -0.15) is 0 Å². The summed E-state index contributed by atoms with van der Waals surface area (Å²) in [6, 6.07) is 18.6. The first-order valence-electron chi connectivity index (χ1n) is 9.10. The van der Waals surface area contributed by atoms with Crippen LogP contribution in [0.15, 0.2) is 72.8 Å². The largest absolute Gasteiger partial charge is 0.373 e. The monoisotopic (exact) mass is 441 g/mol. The minimum Gasteiger partial charge on any atom is -0.373 e. The van der Waals surface area contributed by atoms with Gasteiger partial charge in [-0.1, -0.05) is 47.5 Å². The van der Waals surface area contributed by atoms with Gasteiger partial charge in [0.05, 0.1) is 0 Å². The maximum absolute atomic E-state index is 13.2. The highest BCUT2D eigenvalue weighted by Crippen LogP contribution is 2.41. The molecule has 6 nitrogen and oxygen atoms in total. The van der Waals surface area contributed by atoms with E-state index >= 15 is 0 Å². The van der Waals surface area contributed by atoms with E-state index in [0.717, 1.165) is 0 Å². The summed E-state index contributed by atoms with van der Waals surface area (Å²) in [4.78, 5) is 26.1. The van der Waals surface area contributed by atoms with Crippen LogP contribution in [0.5, 0.6) is 0 Å². The maximum Gasteiger partial charge on any atom is 0.263 e. The van der Waals surface area contributed by atoms with E-state index in [9.17, 15) is 14.7 Å². The van der Waals surface area contributed by atoms with E-state index in [1.54, 1.807) is 54.6 Å². The highest BCUT2D eigenvalue weighted by Gasteiger charge is 2.54. The first-order chi connectivity index (χ1) is 14.4. The minimum atomic E-state index is -2.17. The molecule has 0 spiro atoms. The Bertz CT molecular complexity index is 1110. The number of anilines is 3. The molecule has 4 N–H and O–H groups in total. The zero-order chi connectivity index (χ0) is 21.3. The molecular weight excluding hydrogens is 425 g/mol. The van der Waals surface area contributed by atoms with E-state index in [1.165, 1.54) is 12.1 Å². The number of hydrogen-bond donors (Lipinski definition) is 4. The second-order valence-corrected chi connectivity index (χ2v) is 7.72. The fraction of sp³-hybridized carbons (Fsp3) is 0.0909. The maximum atomic E-state index is 13.2. The lowest BCUT2D eigenvalue weighted by molar-refractivity contribution is -0.140. The van der Waals surface area contributed by atoms with Gasteiger partial charge < -0.3 is 21.1 Å². The molecular formula is C22H17Cl2N3O3. The Hall–Kier alpha value is -3.06. The molecule has 152 valence electrons. The van der Waals surface area contributed by atoms with Crippen LogP contribution >= 0.6 is 23.2 Å². The summed E-state index contributed by atoms with van der Waals surface area (Å²) in [7, 11) is 0. The third-order valence-corrected chi connectivity index (χ3v) is 5.35. The number of fused-ring (bicyclic) bond motifs is 1. The molecule has 2 atom stereocenters. The van der Waals surface area contributed by atoms with Crippen LogP contribution in [0.3, 0.4) is 0 Å². The van der Waals surface area contributed by atoms with Gasteiger partial charge in [0, 0.05) is 32.7 Å². The number of halogens is 2. The summed E-state index contributed by atoms with van der Waals surface area (Å²) >= 11 is 12.0. The van der Waals surface area contributed by atoms with E-state index in [4.69, 9.17) is 23.2 Å². The molecule has 8 heteroatoms. The molecule has 3 aromatic rings. The zero-order valence-electron chi connectivity index (χ0n) is 15.5. The van der Waals surface area contributed by atoms with Crippen molar-refractivity contribution in [1.29, 1.82) is 0 Å². The Labute approximate surface area is 182 Å². The van der Waals surface area contributed by atoms with Crippen molar-refractivity contribution in [2.75, 3.05) is 16.0 Å². The molecule has 0 saturated heterocycles. The van der Waals surface area contributed by atoms with Crippen LogP contribution in [-0.4, -0.2) is 23.0 Å². The van der Waals surface area contributed by atoms with Crippen LogP contribution in [0.4, 0.5) is 17.1 Å². The van der Waals surface area contributed by atoms with Crippen molar-refractivity contribution >= 4 is 52.1 Å². The average Bonchev–Trinajstić information content (AvgIpc) is 2.98. The molecule has 0 saturated carbocycles. The SMILES string of the molecule is O=C(Nc1ccccc1)C(Nc1ccc(Cl)cc1)C1(O)C(=O)Nc2cc(Cl)ccc21. The molecule has 0 aliphatic carbocycles. The van der Waals surface area contributed by atoms with Gasteiger partial charge in [-0.05, 0) is 48.5 Å². The quantitative estimate of drug-likeness (QED) is 0.476. The van der Waals surface area contributed by atoms with Crippen LogP contribution in [-0.2, 0) is 15.2 Å². The van der Waals surface area contributed by atoms with Crippen molar-refractivity contribution < 1.29 is 14.7 Å². The van der Waals surface area contributed by atoms with Gasteiger partial charge >= 0.3 is 0 Å². The fourth-order valence-corrected chi connectivity index (χ4v) is 3.69. The molecule has 4 rings (SSSR count). The molecule has 3 aromatic carbocycles. The van der Waals surface area contributed by atoms with Gasteiger partial charge in [0.25, 0.3) is 11.8 Å². The number of aliphatic hydroxyl groups is 1. The number of benzene rings is 3. The van der Waals surface area contributed by atoms with Crippen LogP contribution in [0.1, 0.15) is 5.56 Å². The number of rotatable bonds is 5. The van der Waals surface area contributed by atoms with E-state index in [-0.39, 0.29) is 5.56 Å². The van der Waals surface area contributed by atoms with Gasteiger partial charge in [0.15, 0.2) is 5.60 Å². The number of hydrogen-bond acceptors (Lipinski definition) is 4. The lowest BCUT2D eigenvalue weighted by atomic mass is 9.86. The standard InChI is InChI=1S/C22H17Cl2N3O3/c23-13-6-9-16(10-7-13)25-19(20(28)26-15-4-2-1-3-5-15)22(30)17-11-8-14(24)12-18(17)27-21(22)29/h1-12,19,25,30H,(H,26,28)(H,27,29). The van der Waals surface area contributed by atoms with Crippen molar-refractivity contribution in [3.05, 3.63) is 88.4 Å². The molecule has 30 heavy (non-hydrogen) atoms. The predicted molar refractivity (Wildman–Crippen MR) is 118 cm³/mol. The van der Waals surface area contributed by atoms with Gasteiger partial charge in [-0.15, -0.1) is 0 Å². The van der Waals surface area contributed by atoms with E-state index in [2.05, 4.69) is 16.0 Å². The topological polar surface area (TPSA) is 90.5 Å². The van der Waals surface area contributed by atoms with Crippen molar-refractivity contribution in [2.45, 2.75) is 11.6 Å². The van der Waals surface area contributed by atoms with Crippen molar-refractivity contribution in [1.82, 2.24) is 0 Å². The van der Waals surface area contributed by atoms with Crippen LogP contribution in [0, 0.1) is 0 Å². The normalized spacial score (nSPS) is 18.3. The highest BCUT2D eigenvalue weighted by atomic mass is 35.5. The Kier molecular flexibility index (Phi) is 5.39. The van der Waals surface area contributed by atoms with E-state index < -0.39 is 23.5 Å².